The summed E-state index contributed by atoms with van der Waals surface area (Å²) in [6.45, 7) is 6.00. The van der Waals surface area contributed by atoms with Crippen molar-refractivity contribution in [2.24, 2.45) is 0 Å². The minimum Gasteiger partial charge on any atom is -0.494 e. The Balaban J connectivity index is 1.76. The zero-order chi connectivity index (χ0) is 13.5. The molecule has 2 rings (SSSR count). The summed E-state index contributed by atoms with van der Waals surface area (Å²) in [7, 11) is 0. The Kier molecular flexibility index (Phi) is 4.92. The molecule has 5 heteroatoms. The van der Waals surface area contributed by atoms with Crippen molar-refractivity contribution in [3.63, 3.8) is 0 Å². The minimum absolute atomic E-state index is 0.578. The highest BCUT2D eigenvalue weighted by molar-refractivity contribution is 5.27. The van der Waals surface area contributed by atoms with E-state index in [1.807, 2.05) is 19.1 Å². The normalized spacial score (nSPS) is 10.6. The van der Waals surface area contributed by atoms with Crippen molar-refractivity contribution in [2.75, 3.05) is 6.61 Å². The van der Waals surface area contributed by atoms with Crippen LogP contribution in [0.1, 0.15) is 30.6 Å². The molecule has 0 aliphatic carbocycles. The molecule has 2 aromatic rings. The molecule has 19 heavy (non-hydrogen) atoms. The summed E-state index contributed by atoms with van der Waals surface area (Å²) in [5, 5.41) is 7.00. The van der Waals surface area contributed by atoms with Crippen LogP contribution in [0.2, 0.25) is 0 Å². The first-order chi connectivity index (χ1) is 9.28. The topological polar surface area (TPSA) is 60.2 Å². The molecule has 0 radical (unpaired) electrons. The van der Waals surface area contributed by atoms with Crippen LogP contribution in [-0.4, -0.2) is 16.7 Å². The van der Waals surface area contributed by atoms with Gasteiger partial charge in [-0.15, -0.1) is 0 Å². The van der Waals surface area contributed by atoms with Gasteiger partial charge < -0.3 is 14.6 Å². The number of nitrogens with one attached hydrogen (secondary N) is 1. The SMILES string of the molecule is CCCOc1ccc(CNCc2nc(C)no2)cc1. The van der Waals surface area contributed by atoms with E-state index in [1.54, 1.807) is 0 Å². The molecule has 1 aromatic heterocycles. The second-order valence-electron chi connectivity index (χ2n) is 4.33. The fraction of sp³-hybridized carbons (Fsp3) is 0.429. The van der Waals surface area contributed by atoms with Gasteiger partial charge in [-0.1, -0.05) is 24.2 Å². The molecule has 102 valence electrons. The molecule has 1 aromatic carbocycles. The van der Waals surface area contributed by atoms with E-state index in [1.165, 1.54) is 5.56 Å². The second-order valence-corrected chi connectivity index (χ2v) is 4.33. The molecule has 0 aliphatic heterocycles. The van der Waals surface area contributed by atoms with Crippen LogP contribution in [0, 0.1) is 6.92 Å². The van der Waals surface area contributed by atoms with Crippen molar-refractivity contribution in [3.05, 3.63) is 41.5 Å². The van der Waals surface area contributed by atoms with Crippen LogP contribution in [0.5, 0.6) is 5.75 Å². The fourth-order valence-corrected chi connectivity index (χ4v) is 1.65. The van der Waals surface area contributed by atoms with Crippen LogP contribution in [-0.2, 0) is 13.1 Å². The summed E-state index contributed by atoms with van der Waals surface area (Å²) >= 11 is 0. The third-order valence-corrected chi connectivity index (χ3v) is 2.57. The van der Waals surface area contributed by atoms with Gasteiger partial charge in [-0.05, 0) is 31.0 Å². The number of rotatable bonds is 7. The quantitative estimate of drug-likeness (QED) is 0.829. The molecule has 1 N–H and O–H groups in total. The lowest BCUT2D eigenvalue weighted by Gasteiger charge is -2.06. The van der Waals surface area contributed by atoms with Gasteiger partial charge in [0.2, 0.25) is 5.89 Å². The van der Waals surface area contributed by atoms with Gasteiger partial charge in [-0.3, -0.25) is 0 Å². The average Bonchev–Trinajstić information content (AvgIpc) is 2.84. The van der Waals surface area contributed by atoms with Crippen molar-refractivity contribution in [3.8, 4) is 5.75 Å². The number of benzene rings is 1. The fourth-order valence-electron chi connectivity index (χ4n) is 1.65. The van der Waals surface area contributed by atoms with Crippen LogP contribution in [0.15, 0.2) is 28.8 Å². The Labute approximate surface area is 113 Å². The highest BCUT2D eigenvalue weighted by atomic mass is 16.5. The van der Waals surface area contributed by atoms with E-state index in [9.17, 15) is 0 Å². The summed E-state index contributed by atoms with van der Waals surface area (Å²) in [5.74, 6) is 2.19. The lowest BCUT2D eigenvalue weighted by atomic mass is 10.2. The predicted octanol–water partition coefficient (Wildman–Crippen LogP) is 2.46. The Morgan fingerprint density at radius 3 is 2.63 bits per heavy atom. The van der Waals surface area contributed by atoms with Crippen molar-refractivity contribution in [2.45, 2.75) is 33.4 Å². The molecule has 0 fully saturated rings. The minimum atomic E-state index is 0.578. The maximum Gasteiger partial charge on any atom is 0.240 e. The van der Waals surface area contributed by atoms with Crippen molar-refractivity contribution in [1.82, 2.24) is 15.5 Å². The molecule has 0 spiro atoms. The Bertz CT molecular complexity index is 494. The molecule has 0 unspecified atom stereocenters. The zero-order valence-electron chi connectivity index (χ0n) is 11.3. The van der Waals surface area contributed by atoms with Crippen LogP contribution in [0.4, 0.5) is 0 Å². The van der Waals surface area contributed by atoms with Gasteiger partial charge >= 0.3 is 0 Å². The largest absolute Gasteiger partial charge is 0.494 e. The maximum absolute atomic E-state index is 5.53. The van der Waals surface area contributed by atoms with Gasteiger partial charge in [0.15, 0.2) is 5.82 Å². The van der Waals surface area contributed by atoms with Crippen molar-refractivity contribution < 1.29 is 9.26 Å². The van der Waals surface area contributed by atoms with Gasteiger partial charge in [-0.2, -0.15) is 4.98 Å². The molecular formula is C14H19N3O2. The van der Waals surface area contributed by atoms with Gasteiger partial charge in [0.1, 0.15) is 5.75 Å². The summed E-state index contributed by atoms with van der Waals surface area (Å²) < 4.78 is 10.6. The van der Waals surface area contributed by atoms with E-state index < -0.39 is 0 Å². The molecule has 0 saturated carbocycles. The van der Waals surface area contributed by atoms with Crippen molar-refractivity contribution >= 4 is 0 Å². The molecular weight excluding hydrogens is 242 g/mol. The molecule has 5 nitrogen and oxygen atoms in total. The highest BCUT2D eigenvalue weighted by Gasteiger charge is 2.01. The van der Waals surface area contributed by atoms with Gasteiger partial charge in [-0.25, -0.2) is 0 Å². The van der Waals surface area contributed by atoms with E-state index in [0.717, 1.165) is 25.3 Å². The molecule has 0 atom stereocenters. The Morgan fingerprint density at radius 1 is 1.21 bits per heavy atom. The summed E-state index contributed by atoms with van der Waals surface area (Å²) in [4.78, 5) is 4.13. The number of hydrogen-bond acceptors (Lipinski definition) is 5. The van der Waals surface area contributed by atoms with Gasteiger partial charge in [0.05, 0.1) is 13.2 Å². The molecule has 1 heterocycles. The van der Waals surface area contributed by atoms with Crippen LogP contribution < -0.4 is 10.1 Å². The lowest BCUT2D eigenvalue weighted by Crippen LogP contribution is -2.12. The summed E-state index contributed by atoms with van der Waals surface area (Å²) in [6.07, 6.45) is 1.02. The van der Waals surface area contributed by atoms with Gasteiger partial charge in [0.25, 0.3) is 0 Å². The summed E-state index contributed by atoms with van der Waals surface area (Å²) in [5.41, 5.74) is 1.19. The molecule has 0 aliphatic rings. The summed E-state index contributed by atoms with van der Waals surface area (Å²) in [6, 6.07) is 8.08. The highest BCUT2D eigenvalue weighted by Crippen LogP contribution is 2.12. The molecule has 0 bridgehead atoms. The van der Waals surface area contributed by atoms with E-state index in [-0.39, 0.29) is 0 Å². The monoisotopic (exact) mass is 261 g/mol. The molecule has 0 saturated heterocycles. The van der Waals surface area contributed by atoms with E-state index in [2.05, 4.69) is 34.5 Å². The van der Waals surface area contributed by atoms with Crippen LogP contribution in [0.25, 0.3) is 0 Å². The van der Waals surface area contributed by atoms with Gasteiger partial charge in [0, 0.05) is 6.54 Å². The average molecular weight is 261 g/mol. The molecule has 0 amide bonds. The number of hydrogen-bond donors (Lipinski definition) is 1. The number of aryl methyl sites for hydroxylation is 1. The third kappa shape index (κ3) is 4.37. The Hall–Kier alpha value is -1.88. The van der Waals surface area contributed by atoms with E-state index in [0.29, 0.717) is 18.3 Å². The van der Waals surface area contributed by atoms with Crippen LogP contribution in [0.3, 0.4) is 0 Å². The number of ether oxygens (including phenoxy) is 1. The maximum atomic E-state index is 5.53. The standard InChI is InChI=1S/C14H19N3O2/c1-3-8-18-13-6-4-12(5-7-13)9-15-10-14-16-11(2)17-19-14/h4-7,15H,3,8-10H2,1-2H3. The van der Waals surface area contributed by atoms with Crippen molar-refractivity contribution in [1.29, 1.82) is 0 Å². The number of aromatic nitrogens is 2. The van der Waals surface area contributed by atoms with E-state index >= 15 is 0 Å². The Morgan fingerprint density at radius 2 is 2.00 bits per heavy atom. The number of nitrogens with zero attached hydrogens (tertiary/aromatic N) is 2. The first-order valence-electron chi connectivity index (χ1n) is 6.49. The van der Waals surface area contributed by atoms with Crippen LogP contribution >= 0.6 is 0 Å². The lowest BCUT2D eigenvalue weighted by molar-refractivity contribution is 0.317. The first kappa shape index (κ1) is 13.5. The first-order valence-corrected chi connectivity index (χ1v) is 6.49. The zero-order valence-corrected chi connectivity index (χ0v) is 11.3. The predicted molar refractivity (Wildman–Crippen MR) is 71.8 cm³/mol. The smallest absolute Gasteiger partial charge is 0.240 e. The third-order valence-electron chi connectivity index (χ3n) is 2.57. The van der Waals surface area contributed by atoms with E-state index in [4.69, 9.17) is 9.26 Å². The second kappa shape index (κ2) is 6.89.